The van der Waals surface area contributed by atoms with E-state index >= 15 is 0 Å². The van der Waals surface area contributed by atoms with Crippen LogP contribution in [-0.2, 0) is 9.53 Å². The van der Waals surface area contributed by atoms with Gasteiger partial charge in [-0.15, -0.1) is 12.4 Å². The van der Waals surface area contributed by atoms with Crippen molar-refractivity contribution in [2.75, 3.05) is 20.2 Å². The van der Waals surface area contributed by atoms with Crippen molar-refractivity contribution < 1.29 is 9.53 Å². The van der Waals surface area contributed by atoms with Crippen molar-refractivity contribution in [3.05, 3.63) is 0 Å². The van der Waals surface area contributed by atoms with Gasteiger partial charge >= 0.3 is 5.97 Å². The highest BCUT2D eigenvalue weighted by Gasteiger charge is 2.40. The molecule has 1 saturated heterocycles. The number of hydrogen-bond acceptors (Lipinski definition) is 3. The summed E-state index contributed by atoms with van der Waals surface area (Å²) in [6.07, 6.45) is 2.06. The number of halogens is 1. The van der Waals surface area contributed by atoms with Gasteiger partial charge in [0, 0.05) is 0 Å². The van der Waals surface area contributed by atoms with Crippen molar-refractivity contribution in [1.82, 2.24) is 5.32 Å². The van der Waals surface area contributed by atoms with Gasteiger partial charge in [-0.05, 0) is 37.8 Å². The van der Waals surface area contributed by atoms with E-state index in [0.717, 1.165) is 37.8 Å². The highest BCUT2D eigenvalue weighted by molar-refractivity contribution is 5.85. The number of nitrogens with one attached hydrogen (secondary N) is 1. The molecule has 1 saturated carbocycles. The van der Waals surface area contributed by atoms with Gasteiger partial charge in [0.15, 0.2) is 0 Å². The van der Waals surface area contributed by atoms with Crippen molar-refractivity contribution in [3.8, 4) is 0 Å². The normalized spacial score (nSPS) is 36.5. The van der Waals surface area contributed by atoms with Gasteiger partial charge in [-0.2, -0.15) is 0 Å². The van der Waals surface area contributed by atoms with Crippen molar-refractivity contribution in [3.63, 3.8) is 0 Å². The molecule has 2 atom stereocenters. The summed E-state index contributed by atoms with van der Waals surface area (Å²) in [5.41, 5.74) is 0. The quantitative estimate of drug-likeness (QED) is 0.645. The molecule has 2 fully saturated rings. The number of hydrogen-bond donors (Lipinski definition) is 1. The molecule has 0 amide bonds. The molecule has 2 aliphatic rings. The standard InChI is InChI=1S/C9H15NO2.ClH/c1-12-9(11)6-2-7-4-10-5-8(7)3-6;/h6-8,10H,2-5H2,1H3;1H. The smallest absolute Gasteiger partial charge is 0.308 e. The summed E-state index contributed by atoms with van der Waals surface area (Å²) in [6.45, 7) is 2.19. The lowest BCUT2D eigenvalue weighted by molar-refractivity contribution is -0.145. The highest BCUT2D eigenvalue weighted by atomic mass is 35.5. The van der Waals surface area contributed by atoms with Gasteiger partial charge < -0.3 is 10.1 Å². The third-order valence-electron chi connectivity index (χ3n) is 3.19. The summed E-state index contributed by atoms with van der Waals surface area (Å²) in [4.78, 5) is 11.2. The molecule has 1 N–H and O–H groups in total. The van der Waals surface area contributed by atoms with Crippen molar-refractivity contribution in [2.45, 2.75) is 12.8 Å². The number of carbonyl (C=O) groups excluding carboxylic acids is 1. The van der Waals surface area contributed by atoms with Crippen LogP contribution in [0.5, 0.6) is 0 Å². The lowest BCUT2D eigenvalue weighted by atomic mass is 10.0. The Morgan fingerprint density at radius 3 is 2.31 bits per heavy atom. The number of methoxy groups -OCH3 is 1. The Hall–Kier alpha value is -0.280. The fourth-order valence-corrected chi connectivity index (χ4v) is 2.53. The van der Waals surface area contributed by atoms with E-state index in [1.165, 1.54) is 7.11 Å². The lowest BCUT2D eigenvalue weighted by Crippen LogP contribution is -2.17. The molecule has 3 nitrogen and oxygen atoms in total. The molecule has 0 aromatic heterocycles. The summed E-state index contributed by atoms with van der Waals surface area (Å²) in [7, 11) is 1.48. The fourth-order valence-electron chi connectivity index (χ4n) is 2.53. The zero-order valence-corrected chi connectivity index (χ0v) is 8.60. The summed E-state index contributed by atoms with van der Waals surface area (Å²) < 4.78 is 4.74. The van der Waals surface area contributed by atoms with Gasteiger partial charge in [0.2, 0.25) is 0 Å². The van der Waals surface area contributed by atoms with Crippen molar-refractivity contribution >= 4 is 18.4 Å². The highest BCUT2D eigenvalue weighted by Crippen LogP contribution is 2.38. The summed E-state index contributed by atoms with van der Waals surface area (Å²) in [5.74, 6) is 1.64. The molecule has 76 valence electrons. The number of ether oxygens (including phenoxy) is 1. The third kappa shape index (κ3) is 1.97. The monoisotopic (exact) mass is 205 g/mol. The average Bonchev–Trinajstić information content (AvgIpc) is 2.60. The van der Waals surface area contributed by atoms with E-state index in [4.69, 9.17) is 4.74 Å². The Morgan fingerprint density at radius 2 is 1.85 bits per heavy atom. The van der Waals surface area contributed by atoms with Crippen LogP contribution >= 0.6 is 12.4 Å². The van der Waals surface area contributed by atoms with Gasteiger partial charge in [-0.3, -0.25) is 4.79 Å². The Balaban J connectivity index is 0.000000845. The molecule has 2 rings (SSSR count). The lowest BCUT2D eigenvalue weighted by Gasteiger charge is -2.07. The maximum absolute atomic E-state index is 11.2. The van der Waals surface area contributed by atoms with Crippen molar-refractivity contribution in [2.24, 2.45) is 17.8 Å². The first-order chi connectivity index (χ1) is 5.81. The molecule has 4 heteroatoms. The van der Waals surface area contributed by atoms with Crippen LogP contribution in [0, 0.1) is 17.8 Å². The van der Waals surface area contributed by atoms with Crippen LogP contribution in [0.15, 0.2) is 0 Å². The minimum atomic E-state index is -0.00981. The Bertz CT molecular complexity index is 186. The van der Waals surface area contributed by atoms with Gasteiger partial charge in [-0.1, -0.05) is 0 Å². The SMILES string of the molecule is COC(=O)C1CC2CNCC2C1.Cl. The maximum Gasteiger partial charge on any atom is 0.308 e. The van der Waals surface area contributed by atoms with E-state index in [9.17, 15) is 4.79 Å². The van der Waals surface area contributed by atoms with Crippen LogP contribution in [0.3, 0.4) is 0 Å². The third-order valence-corrected chi connectivity index (χ3v) is 3.19. The Labute approximate surface area is 84.6 Å². The van der Waals surface area contributed by atoms with Gasteiger partial charge in [0.1, 0.15) is 0 Å². The molecule has 0 radical (unpaired) electrons. The minimum absolute atomic E-state index is 0. The second kappa shape index (κ2) is 4.29. The van der Waals surface area contributed by atoms with E-state index < -0.39 is 0 Å². The number of fused-ring (bicyclic) bond motifs is 1. The van der Waals surface area contributed by atoms with Crippen LogP contribution in [0.2, 0.25) is 0 Å². The van der Waals surface area contributed by atoms with E-state index in [-0.39, 0.29) is 24.3 Å². The molecule has 0 aromatic carbocycles. The first kappa shape index (κ1) is 10.8. The van der Waals surface area contributed by atoms with Crippen LogP contribution in [-0.4, -0.2) is 26.2 Å². The molecule has 1 aliphatic heterocycles. The number of rotatable bonds is 1. The van der Waals surface area contributed by atoms with Gasteiger partial charge in [0.25, 0.3) is 0 Å². The second-order valence-electron chi connectivity index (χ2n) is 3.87. The Kier molecular flexibility index (Phi) is 3.56. The summed E-state index contributed by atoms with van der Waals surface area (Å²) in [6, 6.07) is 0. The van der Waals surface area contributed by atoms with Gasteiger partial charge in [-0.25, -0.2) is 0 Å². The zero-order valence-electron chi connectivity index (χ0n) is 7.79. The van der Waals surface area contributed by atoms with Crippen LogP contribution in [0.1, 0.15) is 12.8 Å². The molecule has 0 spiro atoms. The summed E-state index contributed by atoms with van der Waals surface area (Å²) >= 11 is 0. The molecule has 13 heavy (non-hydrogen) atoms. The minimum Gasteiger partial charge on any atom is -0.469 e. The van der Waals surface area contributed by atoms with Crippen molar-refractivity contribution in [1.29, 1.82) is 0 Å². The second-order valence-corrected chi connectivity index (χ2v) is 3.87. The largest absolute Gasteiger partial charge is 0.469 e. The molecule has 1 aliphatic carbocycles. The van der Waals surface area contributed by atoms with E-state index in [2.05, 4.69) is 5.32 Å². The zero-order chi connectivity index (χ0) is 8.55. The van der Waals surface area contributed by atoms with Crippen LogP contribution in [0.25, 0.3) is 0 Å². The topological polar surface area (TPSA) is 38.3 Å². The molecular weight excluding hydrogens is 190 g/mol. The maximum atomic E-state index is 11.2. The first-order valence-corrected chi connectivity index (χ1v) is 4.60. The number of esters is 1. The van der Waals surface area contributed by atoms with E-state index in [1.54, 1.807) is 0 Å². The van der Waals surface area contributed by atoms with Crippen LogP contribution in [0.4, 0.5) is 0 Å². The molecular formula is C9H16ClNO2. The molecule has 0 aromatic rings. The first-order valence-electron chi connectivity index (χ1n) is 4.60. The molecule has 2 unspecified atom stereocenters. The fraction of sp³-hybridized carbons (Fsp3) is 0.889. The van der Waals surface area contributed by atoms with Gasteiger partial charge in [0.05, 0.1) is 13.0 Å². The molecule has 0 bridgehead atoms. The predicted molar refractivity (Wildman–Crippen MR) is 51.8 cm³/mol. The van der Waals surface area contributed by atoms with E-state index in [1.807, 2.05) is 0 Å². The Morgan fingerprint density at radius 1 is 1.31 bits per heavy atom. The number of carbonyl (C=O) groups is 1. The molecule has 1 heterocycles. The average molecular weight is 206 g/mol. The van der Waals surface area contributed by atoms with E-state index in [0.29, 0.717) is 0 Å². The predicted octanol–water partition coefficient (Wildman–Crippen LogP) is 0.827. The summed E-state index contributed by atoms with van der Waals surface area (Å²) in [5, 5.41) is 3.35. The van der Waals surface area contributed by atoms with Crippen LogP contribution < -0.4 is 5.32 Å².